The number of aryl methyl sites for hydroxylation is 1. The zero-order valence-electron chi connectivity index (χ0n) is 13.8. The molecule has 1 aliphatic carbocycles. The monoisotopic (exact) mass is 326 g/mol. The van der Waals surface area contributed by atoms with Crippen LogP contribution in [0.2, 0.25) is 0 Å². The van der Waals surface area contributed by atoms with E-state index in [2.05, 4.69) is 11.1 Å². The number of fused-ring (bicyclic) bond motifs is 3. The number of benzene rings is 2. The van der Waals surface area contributed by atoms with E-state index in [0.29, 0.717) is 39.4 Å². The largest absolute Gasteiger partial charge is 0.496 e. The molecule has 2 aromatic carbocycles. The predicted molar refractivity (Wildman–Crippen MR) is 94.5 cm³/mol. The molecule has 1 aromatic heterocycles. The van der Waals surface area contributed by atoms with Crippen LogP contribution in [0.4, 0.5) is 0 Å². The lowest BCUT2D eigenvalue weighted by molar-refractivity contribution is 0.104. The number of rotatable bonds is 2. The molecule has 4 rings (SSSR count). The number of aromatic nitrogens is 1. The summed E-state index contributed by atoms with van der Waals surface area (Å²) in [5.41, 5.74) is 4.89. The number of carbonyl (C=O) groups excluding carboxylic acids is 1. The van der Waals surface area contributed by atoms with Gasteiger partial charge in [-0.1, -0.05) is 42.5 Å². The Morgan fingerprint density at radius 1 is 0.960 bits per heavy atom. The van der Waals surface area contributed by atoms with Crippen LogP contribution in [-0.4, -0.2) is 17.9 Å². The summed E-state index contributed by atoms with van der Waals surface area (Å²) >= 11 is 0. The second-order valence-electron chi connectivity index (χ2n) is 5.86. The topological polar surface area (TPSA) is 63.0 Å². The van der Waals surface area contributed by atoms with Gasteiger partial charge in [-0.2, -0.15) is 5.26 Å². The molecule has 0 unspecified atom stereocenters. The van der Waals surface area contributed by atoms with Crippen LogP contribution < -0.4 is 4.74 Å². The Labute approximate surface area is 145 Å². The Balaban J connectivity index is 2.15. The van der Waals surface area contributed by atoms with Crippen molar-refractivity contribution in [2.75, 3.05) is 7.11 Å². The first-order valence-electron chi connectivity index (χ1n) is 7.89. The first-order valence-corrected chi connectivity index (χ1v) is 7.89. The van der Waals surface area contributed by atoms with E-state index in [-0.39, 0.29) is 5.78 Å². The summed E-state index contributed by atoms with van der Waals surface area (Å²) in [7, 11) is 1.58. The molecule has 3 aromatic rings. The van der Waals surface area contributed by atoms with Gasteiger partial charge in [0.05, 0.1) is 29.6 Å². The highest BCUT2D eigenvalue weighted by Crippen LogP contribution is 2.44. The molecule has 0 saturated heterocycles. The highest BCUT2D eigenvalue weighted by molar-refractivity contribution is 6.24. The summed E-state index contributed by atoms with van der Waals surface area (Å²) in [5.74, 6) is 0.520. The number of ether oxygens (including phenoxy) is 1. The molecule has 1 heterocycles. The Morgan fingerprint density at radius 2 is 1.60 bits per heavy atom. The van der Waals surface area contributed by atoms with Crippen LogP contribution in [0, 0.1) is 18.3 Å². The third kappa shape index (κ3) is 2.06. The number of nitrogens with zero attached hydrogens (tertiary/aromatic N) is 2. The van der Waals surface area contributed by atoms with E-state index < -0.39 is 0 Å². The van der Waals surface area contributed by atoms with E-state index in [1.165, 1.54) is 0 Å². The van der Waals surface area contributed by atoms with Crippen molar-refractivity contribution < 1.29 is 9.53 Å². The number of methoxy groups -OCH3 is 1. The second kappa shape index (κ2) is 5.57. The van der Waals surface area contributed by atoms with Crippen LogP contribution in [0.15, 0.2) is 48.5 Å². The van der Waals surface area contributed by atoms with Gasteiger partial charge in [0.15, 0.2) is 5.78 Å². The summed E-state index contributed by atoms with van der Waals surface area (Å²) in [5, 5.41) is 9.72. The van der Waals surface area contributed by atoms with Crippen LogP contribution in [0.5, 0.6) is 5.75 Å². The Kier molecular flexibility index (Phi) is 3.36. The van der Waals surface area contributed by atoms with E-state index in [4.69, 9.17) is 4.74 Å². The standard InChI is InChI=1S/C21H14N2O2/c1-12-16(11-22)18(15-9-5-6-10-17(15)25-2)19-20(23-12)13-7-3-4-8-14(13)21(19)24/h3-10H,1-2H3. The molecule has 0 fully saturated rings. The van der Waals surface area contributed by atoms with Crippen LogP contribution in [0.25, 0.3) is 22.4 Å². The fourth-order valence-electron chi connectivity index (χ4n) is 3.40. The molecule has 0 radical (unpaired) electrons. The normalized spacial score (nSPS) is 11.6. The number of hydrogen-bond acceptors (Lipinski definition) is 4. The number of nitriles is 1. The van der Waals surface area contributed by atoms with Gasteiger partial charge in [-0.25, -0.2) is 0 Å². The first-order chi connectivity index (χ1) is 12.2. The Morgan fingerprint density at radius 3 is 2.28 bits per heavy atom. The van der Waals surface area contributed by atoms with Gasteiger partial charge in [0.1, 0.15) is 11.8 Å². The van der Waals surface area contributed by atoms with E-state index in [1.807, 2.05) is 42.5 Å². The summed E-state index contributed by atoms with van der Waals surface area (Å²) < 4.78 is 5.47. The van der Waals surface area contributed by atoms with Crippen LogP contribution in [-0.2, 0) is 0 Å². The van der Waals surface area contributed by atoms with E-state index in [0.717, 1.165) is 11.1 Å². The van der Waals surface area contributed by atoms with Gasteiger partial charge in [0, 0.05) is 22.3 Å². The smallest absolute Gasteiger partial charge is 0.196 e. The summed E-state index contributed by atoms with van der Waals surface area (Å²) in [6, 6.07) is 17.1. The molecule has 0 amide bonds. The van der Waals surface area contributed by atoms with E-state index >= 15 is 0 Å². The molecule has 0 saturated carbocycles. The minimum atomic E-state index is -0.101. The minimum Gasteiger partial charge on any atom is -0.496 e. The van der Waals surface area contributed by atoms with Gasteiger partial charge in [-0.15, -0.1) is 0 Å². The van der Waals surface area contributed by atoms with Gasteiger partial charge in [-0.3, -0.25) is 9.78 Å². The predicted octanol–water partition coefficient (Wildman–Crippen LogP) is 4.15. The molecular formula is C21H14N2O2. The molecular weight excluding hydrogens is 312 g/mol. The zero-order valence-corrected chi connectivity index (χ0v) is 13.8. The number of pyridine rings is 1. The van der Waals surface area contributed by atoms with E-state index in [9.17, 15) is 10.1 Å². The highest BCUT2D eigenvalue weighted by Gasteiger charge is 2.34. The van der Waals surface area contributed by atoms with Crippen molar-refractivity contribution in [3.05, 3.63) is 70.9 Å². The lowest BCUT2D eigenvalue weighted by atomic mass is 9.92. The minimum absolute atomic E-state index is 0.101. The molecule has 120 valence electrons. The molecule has 4 nitrogen and oxygen atoms in total. The summed E-state index contributed by atoms with van der Waals surface area (Å²) in [4.78, 5) is 17.6. The summed E-state index contributed by atoms with van der Waals surface area (Å²) in [6.45, 7) is 1.79. The fraction of sp³-hybridized carbons (Fsp3) is 0.0952. The van der Waals surface area contributed by atoms with Gasteiger partial charge < -0.3 is 4.74 Å². The van der Waals surface area contributed by atoms with E-state index in [1.54, 1.807) is 20.1 Å². The lowest BCUT2D eigenvalue weighted by Crippen LogP contribution is -2.05. The lowest BCUT2D eigenvalue weighted by Gasteiger charge is -2.15. The Hall–Kier alpha value is -3.45. The first kappa shape index (κ1) is 15.1. The molecule has 0 bridgehead atoms. The van der Waals surface area contributed by atoms with Crippen molar-refractivity contribution in [2.24, 2.45) is 0 Å². The van der Waals surface area contributed by atoms with Crippen molar-refractivity contribution in [2.45, 2.75) is 6.92 Å². The van der Waals surface area contributed by atoms with Gasteiger partial charge in [0.2, 0.25) is 0 Å². The van der Waals surface area contributed by atoms with Crippen molar-refractivity contribution in [1.82, 2.24) is 4.98 Å². The van der Waals surface area contributed by atoms with Crippen LogP contribution in [0.3, 0.4) is 0 Å². The van der Waals surface area contributed by atoms with Crippen LogP contribution >= 0.6 is 0 Å². The molecule has 1 aliphatic rings. The molecule has 25 heavy (non-hydrogen) atoms. The Bertz CT molecular complexity index is 1080. The van der Waals surface area contributed by atoms with Crippen molar-refractivity contribution in [3.63, 3.8) is 0 Å². The maximum atomic E-state index is 13.1. The SMILES string of the molecule is COc1ccccc1-c1c(C#N)c(C)nc2c1C(=O)c1ccccc1-2. The number of para-hydroxylation sites is 1. The molecule has 0 aliphatic heterocycles. The van der Waals surface area contributed by atoms with Crippen molar-refractivity contribution in [3.8, 4) is 34.2 Å². The summed E-state index contributed by atoms with van der Waals surface area (Å²) in [6.07, 6.45) is 0. The maximum absolute atomic E-state index is 13.1. The average molecular weight is 326 g/mol. The molecule has 0 atom stereocenters. The zero-order chi connectivity index (χ0) is 17.6. The number of ketones is 1. The van der Waals surface area contributed by atoms with Crippen molar-refractivity contribution >= 4 is 5.78 Å². The third-order valence-corrected chi connectivity index (χ3v) is 4.52. The van der Waals surface area contributed by atoms with Gasteiger partial charge in [0.25, 0.3) is 0 Å². The van der Waals surface area contributed by atoms with Crippen LogP contribution in [0.1, 0.15) is 27.2 Å². The van der Waals surface area contributed by atoms with Gasteiger partial charge in [-0.05, 0) is 13.0 Å². The van der Waals surface area contributed by atoms with Gasteiger partial charge >= 0.3 is 0 Å². The quantitative estimate of drug-likeness (QED) is 0.555. The maximum Gasteiger partial charge on any atom is 0.196 e. The number of carbonyl (C=O) groups is 1. The number of hydrogen-bond donors (Lipinski definition) is 0. The fourth-order valence-corrected chi connectivity index (χ4v) is 3.40. The van der Waals surface area contributed by atoms with Crippen molar-refractivity contribution in [1.29, 1.82) is 5.26 Å². The molecule has 0 spiro atoms. The second-order valence-corrected chi connectivity index (χ2v) is 5.86. The average Bonchev–Trinajstić information content (AvgIpc) is 2.93. The third-order valence-electron chi connectivity index (χ3n) is 4.52. The molecule has 4 heteroatoms. The highest BCUT2D eigenvalue weighted by atomic mass is 16.5. The molecule has 0 N–H and O–H groups in total.